The molecule has 0 spiro atoms. The van der Waals surface area contributed by atoms with Crippen molar-refractivity contribution in [2.75, 3.05) is 5.32 Å². The van der Waals surface area contributed by atoms with Crippen LogP contribution in [0.4, 0.5) is 14.5 Å². The molecule has 2 amide bonds. The van der Waals surface area contributed by atoms with Crippen molar-refractivity contribution in [3.8, 4) is 0 Å². The highest BCUT2D eigenvalue weighted by molar-refractivity contribution is 6.00. The van der Waals surface area contributed by atoms with E-state index in [0.717, 1.165) is 31.7 Å². The van der Waals surface area contributed by atoms with E-state index in [-0.39, 0.29) is 29.3 Å². The predicted octanol–water partition coefficient (Wildman–Crippen LogP) is 3.46. The fourth-order valence-electron chi connectivity index (χ4n) is 5.18. The van der Waals surface area contributed by atoms with Crippen LogP contribution in [0.15, 0.2) is 35.5 Å². The maximum absolute atomic E-state index is 13.6. The van der Waals surface area contributed by atoms with Gasteiger partial charge in [0.25, 0.3) is 17.9 Å². The quantitative estimate of drug-likeness (QED) is 0.339. The minimum Gasteiger partial charge on any atom is -0.339 e. The van der Waals surface area contributed by atoms with E-state index >= 15 is 0 Å². The maximum Gasteiger partial charge on any atom is 0.282 e. The van der Waals surface area contributed by atoms with Gasteiger partial charge in [-0.2, -0.15) is 15.3 Å². The molecule has 0 aliphatic heterocycles. The molecule has 208 valence electrons. The van der Waals surface area contributed by atoms with Crippen molar-refractivity contribution in [3.63, 3.8) is 0 Å². The number of rotatable bonds is 11. The fraction of sp³-hybridized carbons (Fsp3) is 0.538. The van der Waals surface area contributed by atoms with Crippen molar-refractivity contribution in [3.05, 3.63) is 58.0 Å². The van der Waals surface area contributed by atoms with Crippen LogP contribution in [0.5, 0.6) is 0 Å². The van der Waals surface area contributed by atoms with Crippen molar-refractivity contribution in [2.24, 2.45) is 17.8 Å². The lowest BCUT2D eigenvalue weighted by atomic mass is 9.88. The molecule has 2 atom stereocenters. The van der Waals surface area contributed by atoms with Crippen LogP contribution < -0.4 is 16.2 Å². The fourth-order valence-corrected chi connectivity index (χ4v) is 5.18. The molecular weight excluding hydrogens is 510 g/mol. The van der Waals surface area contributed by atoms with Crippen LogP contribution in [-0.2, 0) is 4.79 Å². The molecule has 11 nitrogen and oxygen atoms in total. The average molecular weight is 543 g/mol. The molecular formula is C26H32F2N8O3. The number of alkyl halides is 2. The number of hydrogen-bond acceptors (Lipinski definition) is 6. The van der Waals surface area contributed by atoms with Gasteiger partial charge in [0.05, 0.1) is 17.9 Å². The van der Waals surface area contributed by atoms with Gasteiger partial charge in [0, 0.05) is 24.0 Å². The molecule has 3 heterocycles. The SMILES string of the molecule is CC(c1cc(C(F)F)n[nH]c1=O)n1cc(NC(=O)[C@@H](NC(=O)c2ccnn2C(C)C)C(C2CC2)C2CC2)cn1. The predicted molar refractivity (Wildman–Crippen MR) is 137 cm³/mol. The highest BCUT2D eigenvalue weighted by Crippen LogP contribution is 2.51. The lowest BCUT2D eigenvalue weighted by molar-refractivity contribution is -0.119. The molecule has 0 aromatic carbocycles. The molecule has 5 rings (SSSR count). The van der Waals surface area contributed by atoms with Crippen LogP contribution in [0.25, 0.3) is 0 Å². The Bertz CT molecular complexity index is 1390. The third-order valence-electron chi connectivity index (χ3n) is 7.47. The lowest BCUT2D eigenvalue weighted by Crippen LogP contribution is -2.50. The number of carbonyl (C=O) groups excluding carboxylic acids is 2. The molecule has 0 bridgehead atoms. The zero-order chi connectivity index (χ0) is 27.8. The van der Waals surface area contributed by atoms with Crippen molar-refractivity contribution in [1.82, 2.24) is 35.1 Å². The number of hydrogen-bond donors (Lipinski definition) is 3. The summed E-state index contributed by atoms with van der Waals surface area (Å²) < 4.78 is 29.2. The van der Waals surface area contributed by atoms with Crippen LogP contribution in [0.3, 0.4) is 0 Å². The number of aromatic nitrogens is 6. The first kappa shape index (κ1) is 26.7. The zero-order valence-electron chi connectivity index (χ0n) is 22.0. The first-order valence-corrected chi connectivity index (χ1v) is 13.2. The van der Waals surface area contributed by atoms with Gasteiger partial charge in [-0.05, 0) is 76.3 Å². The van der Waals surface area contributed by atoms with Gasteiger partial charge >= 0.3 is 0 Å². The van der Waals surface area contributed by atoms with E-state index in [2.05, 4.69) is 31.0 Å². The highest BCUT2D eigenvalue weighted by Gasteiger charge is 2.48. The molecule has 13 heteroatoms. The third kappa shape index (κ3) is 5.76. The standard InChI is InChI=1S/C26H32F2N8O3/c1-13(2)36-20(8-9-29-36)25(38)32-22(21(15-4-5-15)16-6-7-16)26(39)31-17-11-30-35(12-17)14(3)18-10-19(23(27)28)33-34-24(18)37/h8-16,21-23H,4-7H2,1-3H3,(H,31,39)(H,32,38)(H,34,37)/t14?,22-/m0/s1. The second kappa shape index (κ2) is 10.7. The Hall–Kier alpha value is -3.90. The summed E-state index contributed by atoms with van der Waals surface area (Å²) in [5.41, 5.74) is -0.326. The summed E-state index contributed by atoms with van der Waals surface area (Å²) >= 11 is 0. The molecule has 0 saturated heterocycles. The van der Waals surface area contributed by atoms with Gasteiger partial charge in [-0.25, -0.2) is 13.9 Å². The Kier molecular flexibility index (Phi) is 7.32. The second-order valence-corrected chi connectivity index (χ2v) is 10.7. The minimum atomic E-state index is -2.84. The van der Waals surface area contributed by atoms with Gasteiger partial charge in [-0.1, -0.05) is 0 Å². The van der Waals surface area contributed by atoms with Crippen LogP contribution in [-0.4, -0.2) is 47.6 Å². The number of amides is 2. The molecule has 1 unspecified atom stereocenters. The van der Waals surface area contributed by atoms with E-state index in [4.69, 9.17) is 0 Å². The third-order valence-corrected chi connectivity index (χ3v) is 7.47. The molecule has 2 aliphatic carbocycles. The molecule has 2 aliphatic rings. The van der Waals surface area contributed by atoms with Crippen LogP contribution in [0.2, 0.25) is 0 Å². The molecule has 3 aromatic heterocycles. The molecule has 39 heavy (non-hydrogen) atoms. The van der Waals surface area contributed by atoms with Crippen LogP contribution in [0, 0.1) is 17.8 Å². The Balaban J connectivity index is 1.35. The number of nitrogens with one attached hydrogen (secondary N) is 3. The first-order valence-electron chi connectivity index (χ1n) is 13.2. The molecule has 3 N–H and O–H groups in total. The number of nitrogens with zero attached hydrogens (tertiary/aromatic N) is 5. The summed E-state index contributed by atoms with van der Waals surface area (Å²) in [5.74, 6) is 0.0874. The van der Waals surface area contributed by atoms with E-state index in [0.29, 0.717) is 23.2 Å². The maximum atomic E-state index is 13.6. The summed E-state index contributed by atoms with van der Waals surface area (Å²) in [6.45, 7) is 5.49. The monoisotopic (exact) mass is 542 g/mol. The second-order valence-electron chi connectivity index (χ2n) is 10.7. The van der Waals surface area contributed by atoms with E-state index in [1.54, 1.807) is 23.9 Å². The normalized spacial score (nSPS) is 17.0. The number of carbonyl (C=O) groups is 2. The number of halogens is 2. The smallest absolute Gasteiger partial charge is 0.282 e. The Morgan fingerprint density at radius 1 is 1.10 bits per heavy atom. The largest absolute Gasteiger partial charge is 0.339 e. The lowest BCUT2D eigenvalue weighted by Gasteiger charge is -2.27. The summed E-state index contributed by atoms with van der Waals surface area (Å²) in [6.07, 6.45) is 5.80. The van der Waals surface area contributed by atoms with Crippen molar-refractivity contribution >= 4 is 17.5 Å². The Morgan fingerprint density at radius 3 is 2.41 bits per heavy atom. The van der Waals surface area contributed by atoms with Gasteiger partial charge in [0.2, 0.25) is 5.91 Å². The van der Waals surface area contributed by atoms with Gasteiger partial charge in [-0.3, -0.25) is 23.7 Å². The van der Waals surface area contributed by atoms with Crippen molar-refractivity contribution < 1.29 is 18.4 Å². The number of H-pyrrole nitrogens is 1. The van der Waals surface area contributed by atoms with E-state index in [1.807, 2.05) is 13.8 Å². The van der Waals surface area contributed by atoms with E-state index in [9.17, 15) is 23.2 Å². The molecule has 3 aromatic rings. The first-order chi connectivity index (χ1) is 18.6. The van der Waals surface area contributed by atoms with E-state index in [1.165, 1.54) is 17.1 Å². The molecule has 0 radical (unpaired) electrons. The summed E-state index contributed by atoms with van der Waals surface area (Å²) in [6, 6.07) is 1.23. The van der Waals surface area contributed by atoms with Gasteiger partial charge < -0.3 is 10.6 Å². The molecule has 2 saturated carbocycles. The van der Waals surface area contributed by atoms with Crippen molar-refractivity contribution in [1.29, 1.82) is 0 Å². The van der Waals surface area contributed by atoms with Gasteiger partial charge in [0.15, 0.2) is 0 Å². The number of aromatic amines is 1. The minimum absolute atomic E-state index is 0.0204. The highest BCUT2D eigenvalue weighted by atomic mass is 19.3. The summed E-state index contributed by atoms with van der Waals surface area (Å²) in [5, 5.41) is 19.8. The summed E-state index contributed by atoms with van der Waals surface area (Å²) in [7, 11) is 0. The molecule has 2 fully saturated rings. The number of anilines is 1. The van der Waals surface area contributed by atoms with Gasteiger partial charge in [-0.15, -0.1) is 0 Å². The summed E-state index contributed by atoms with van der Waals surface area (Å²) in [4.78, 5) is 39.2. The van der Waals surface area contributed by atoms with Crippen LogP contribution >= 0.6 is 0 Å². The van der Waals surface area contributed by atoms with Crippen LogP contribution in [0.1, 0.15) is 86.7 Å². The average Bonchev–Trinajstić information content (AvgIpc) is 3.82. The Labute approximate surface area is 223 Å². The van der Waals surface area contributed by atoms with Crippen molar-refractivity contribution in [2.45, 2.75) is 71.0 Å². The zero-order valence-corrected chi connectivity index (χ0v) is 22.0. The Morgan fingerprint density at radius 2 is 1.79 bits per heavy atom. The van der Waals surface area contributed by atoms with Gasteiger partial charge in [0.1, 0.15) is 17.4 Å². The topological polar surface area (TPSA) is 140 Å². The van der Waals surface area contributed by atoms with E-state index < -0.39 is 29.8 Å².